The Morgan fingerprint density at radius 2 is 2.16 bits per heavy atom. The van der Waals surface area contributed by atoms with Crippen LogP contribution in [0.4, 0.5) is 0 Å². The Morgan fingerprint density at radius 3 is 2.84 bits per heavy atom. The summed E-state index contributed by atoms with van der Waals surface area (Å²) in [7, 11) is 0. The van der Waals surface area contributed by atoms with Gasteiger partial charge in [0, 0.05) is 22.7 Å². The standard InChI is InChI=1S/C13H13NO4S/c1-8-6-19-13(14-8)5-16-10-3-12-11(17-7-18-12)2-9(10)4-15/h2-3,6,15H,4-5,7H2,1H3. The van der Waals surface area contributed by atoms with Crippen LogP contribution in [0.3, 0.4) is 0 Å². The average molecular weight is 279 g/mol. The second-order valence-corrected chi connectivity index (χ2v) is 5.09. The minimum atomic E-state index is -0.108. The number of hydrogen-bond donors (Lipinski definition) is 1. The zero-order valence-corrected chi connectivity index (χ0v) is 11.2. The highest BCUT2D eigenvalue weighted by Crippen LogP contribution is 2.38. The summed E-state index contributed by atoms with van der Waals surface area (Å²) in [5, 5.41) is 12.2. The van der Waals surface area contributed by atoms with Crippen molar-refractivity contribution in [1.82, 2.24) is 4.98 Å². The van der Waals surface area contributed by atoms with E-state index in [4.69, 9.17) is 14.2 Å². The summed E-state index contributed by atoms with van der Waals surface area (Å²) in [6.45, 7) is 2.42. The van der Waals surface area contributed by atoms with E-state index in [1.54, 1.807) is 23.5 Å². The Balaban J connectivity index is 1.80. The lowest BCUT2D eigenvalue weighted by molar-refractivity contribution is 0.173. The number of aliphatic hydroxyl groups excluding tert-OH is 1. The zero-order valence-electron chi connectivity index (χ0n) is 10.4. The highest BCUT2D eigenvalue weighted by molar-refractivity contribution is 7.09. The third-order valence-corrected chi connectivity index (χ3v) is 3.68. The first-order valence-electron chi connectivity index (χ1n) is 5.83. The summed E-state index contributed by atoms with van der Waals surface area (Å²) in [5.74, 6) is 1.88. The molecule has 1 aliphatic heterocycles. The van der Waals surface area contributed by atoms with Crippen LogP contribution in [0.25, 0.3) is 0 Å². The van der Waals surface area contributed by atoms with E-state index in [1.807, 2.05) is 12.3 Å². The first-order chi connectivity index (χ1) is 9.26. The Kier molecular flexibility index (Phi) is 3.27. The number of ether oxygens (including phenoxy) is 3. The summed E-state index contributed by atoms with van der Waals surface area (Å²) in [4.78, 5) is 4.33. The van der Waals surface area contributed by atoms with Gasteiger partial charge in [-0.15, -0.1) is 11.3 Å². The number of aromatic nitrogens is 1. The third-order valence-electron chi connectivity index (χ3n) is 2.74. The molecule has 2 heterocycles. The van der Waals surface area contributed by atoms with Crippen molar-refractivity contribution in [3.8, 4) is 17.2 Å². The summed E-state index contributed by atoms with van der Waals surface area (Å²) in [5.41, 5.74) is 1.66. The molecule has 19 heavy (non-hydrogen) atoms. The molecule has 1 aromatic heterocycles. The monoisotopic (exact) mass is 279 g/mol. The molecule has 100 valence electrons. The van der Waals surface area contributed by atoms with Crippen LogP contribution in [-0.2, 0) is 13.2 Å². The summed E-state index contributed by atoms with van der Waals surface area (Å²) in [6.07, 6.45) is 0. The number of nitrogens with zero attached hydrogens (tertiary/aromatic N) is 1. The third kappa shape index (κ3) is 2.50. The minimum Gasteiger partial charge on any atom is -0.486 e. The number of fused-ring (bicyclic) bond motifs is 1. The van der Waals surface area contributed by atoms with E-state index in [2.05, 4.69) is 4.98 Å². The first-order valence-corrected chi connectivity index (χ1v) is 6.71. The molecule has 0 spiro atoms. The van der Waals surface area contributed by atoms with E-state index < -0.39 is 0 Å². The van der Waals surface area contributed by atoms with E-state index in [0.29, 0.717) is 29.4 Å². The fourth-order valence-electron chi connectivity index (χ4n) is 1.83. The number of thiazole rings is 1. The topological polar surface area (TPSA) is 60.8 Å². The molecule has 2 aromatic rings. The smallest absolute Gasteiger partial charge is 0.231 e. The lowest BCUT2D eigenvalue weighted by Gasteiger charge is -2.10. The van der Waals surface area contributed by atoms with Gasteiger partial charge in [-0.3, -0.25) is 0 Å². The molecule has 3 rings (SSSR count). The normalized spacial score (nSPS) is 12.7. The number of aryl methyl sites for hydroxylation is 1. The van der Waals surface area contributed by atoms with Gasteiger partial charge in [-0.2, -0.15) is 0 Å². The molecule has 0 atom stereocenters. The Bertz CT molecular complexity index is 596. The lowest BCUT2D eigenvalue weighted by atomic mass is 10.2. The number of benzene rings is 1. The number of aliphatic hydroxyl groups is 1. The molecule has 1 N–H and O–H groups in total. The fraction of sp³-hybridized carbons (Fsp3) is 0.308. The van der Waals surface area contributed by atoms with E-state index in [-0.39, 0.29) is 13.4 Å². The Morgan fingerprint density at radius 1 is 1.37 bits per heavy atom. The predicted molar refractivity (Wildman–Crippen MR) is 69.7 cm³/mol. The van der Waals surface area contributed by atoms with Gasteiger partial charge >= 0.3 is 0 Å². The average Bonchev–Trinajstić information content (AvgIpc) is 3.03. The van der Waals surface area contributed by atoms with Crippen LogP contribution >= 0.6 is 11.3 Å². The van der Waals surface area contributed by atoms with Crippen LogP contribution in [0.2, 0.25) is 0 Å². The lowest BCUT2D eigenvalue weighted by Crippen LogP contribution is -1.98. The molecule has 1 aliphatic rings. The molecule has 0 bridgehead atoms. The maximum absolute atomic E-state index is 9.36. The zero-order chi connectivity index (χ0) is 13.2. The fourth-order valence-corrected chi connectivity index (χ4v) is 2.51. The van der Waals surface area contributed by atoms with Crippen molar-refractivity contribution in [3.63, 3.8) is 0 Å². The van der Waals surface area contributed by atoms with Gasteiger partial charge in [0.1, 0.15) is 17.4 Å². The van der Waals surface area contributed by atoms with Crippen LogP contribution < -0.4 is 14.2 Å². The number of rotatable bonds is 4. The second kappa shape index (κ2) is 5.07. The molecule has 0 amide bonds. The van der Waals surface area contributed by atoms with Gasteiger partial charge in [0.05, 0.1) is 6.61 Å². The van der Waals surface area contributed by atoms with E-state index in [1.165, 1.54) is 0 Å². The highest BCUT2D eigenvalue weighted by atomic mass is 32.1. The van der Waals surface area contributed by atoms with Crippen LogP contribution in [0.1, 0.15) is 16.3 Å². The first kappa shape index (κ1) is 12.3. The van der Waals surface area contributed by atoms with Crippen LogP contribution in [0.5, 0.6) is 17.2 Å². The van der Waals surface area contributed by atoms with Gasteiger partial charge in [0.25, 0.3) is 0 Å². The van der Waals surface area contributed by atoms with E-state index >= 15 is 0 Å². The molecule has 6 heteroatoms. The molecule has 0 saturated carbocycles. The van der Waals surface area contributed by atoms with Crippen molar-refractivity contribution < 1.29 is 19.3 Å². The van der Waals surface area contributed by atoms with Gasteiger partial charge in [-0.1, -0.05) is 0 Å². The largest absolute Gasteiger partial charge is 0.486 e. The van der Waals surface area contributed by atoms with E-state index in [0.717, 1.165) is 10.7 Å². The van der Waals surface area contributed by atoms with Crippen molar-refractivity contribution >= 4 is 11.3 Å². The van der Waals surface area contributed by atoms with Crippen LogP contribution in [0, 0.1) is 6.92 Å². The summed E-state index contributed by atoms with van der Waals surface area (Å²) in [6, 6.07) is 3.49. The van der Waals surface area contributed by atoms with Gasteiger partial charge in [-0.05, 0) is 13.0 Å². The highest BCUT2D eigenvalue weighted by Gasteiger charge is 2.18. The molecule has 0 unspecified atom stereocenters. The van der Waals surface area contributed by atoms with Crippen LogP contribution in [-0.4, -0.2) is 16.9 Å². The predicted octanol–water partition coefficient (Wildman–Crippen LogP) is 2.25. The Labute approximate surface area is 114 Å². The van der Waals surface area contributed by atoms with Gasteiger partial charge < -0.3 is 19.3 Å². The summed E-state index contributed by atoms with van der Waals surface area (Å²) < 4.78 is 16.3. The quantitative estimate of drug-likeness (QED) is 0.930. The SMILES string of the molecule is Cc1csc(COc2cc3c(cc2CO)OCO3)n1. The molecule has 0 radical (unpaired) electrons. The van der Waals surface area contributed by atoms with Crippen molar-refractivity contribution in [2.24, 2.45) is 0 Å². The molecular formula is C13H13NO4S. The maximum atomic E-state index is 9.36. The molecular weight excluding hydrogens is 266 g/mol. The molecule has 0 saturated heterocycles. The maximum Gasteiger partial charge on any atom is 0.231 e. The molecule has 1 aromatic carbocycles. The Hall–Kier alpha value is -1.79. The van der Waals surface area contributed by atoms with Crippen molar-refractivity contribution in [2.45, 2.75) is 20.1 Å². The van der Waals surface area contributed by atoms with Crippen LogP contribution in [0.15, 0.2) is 17.5 Å². The minimum absolute atomic E-state index is 0.108. The van der Waals surface area contributed by atoms with Gasteiger partial charge in [-0.25, -0.2) is 4.98 Å². The number of hydrogen-bond acceptors (Lipinski definition) is 6. The van der Waals surface area contributed by atoms with Crippen molar-refractivity contribution in [2.75, 3.05) is 6.79 Å². The van der Waals surface area contributed by atoms with Gasteiger partial charge in [0.2, 0.25) is 6.79 Å². The molecule has 0 fully saturated rings. The van der Waals surface area contributed by atoms with Gasteiger partial charge in [0.15, 0.2) is 11.5 Å². The molecule has 5 nitrogen and oxygen atoms in total. The second-order valence-electron chi connectivity index (χ2n) is 4.14. The molecule has 0 aliphatic carbocycles. The summed E-state index contributed by atoms with van der Waals surface area (Å²) >= 11 is 1.55. The van der Waals surface area contributed by atoms with E-state index in [9.17, 15) is 5.11 Å². The van der Waals surface area contributed by atoms with Crippen molar-refractivity contribution in [3.05, 3.63) is 33.8 Å². The van der Waals surface area contributed by atoms with Crippen molar-refractivity contribution in [1.29, 1.82) is 0 Å².